The Morgan fingerprint density at radius 3 is 2.87 bits per heavy atom. The standard InChI is InChI=1S/C17H22N4OS/c1-18-15(22)12-7-6-8-13(11-12)16-20-21(2)17(23-16)19-14-9-4-3-5-10-14/h6-8,11,14H,3-5,9-10H2,1-2H3,(H,18,22). The first-order valence-electron chi connectivity index (χ1n) is 8.08. The summed E-state index contributed by atoms with van der Waals surface area (Å²) < 4.78 is 1.85. The molecule has 0 radical (unpaired) electrons. The molecule has 5 nitrogen and oxygen atoms in total. The lowest BCUT2D eigenvalue weighted by Gasteiger charge is -2.16. The molecule has 1 saturated carbocycles. The highest BCUT2D eigenvalue weighted by Crippen LogP contribution is 2.22. The summed E-state index contributed by atoms with van der Waals surface area (Å²) in [5.41, 5.74) is 1.60. The molecular weight excluding hydrogens is 308 g/mol. The van der Waals surface area contributed by atoms with Crippen LogP contribution in [0.1, 0.15) is 42.5 Å². The molecule has 6 heteroatoms. The molecule has 122 valence electrons. The largest absolute Gasteiger partial charge is 0.355 e. The van der Waals surface area contributed by atoms with Gasteiger partial charge in [0.2, 0.25) is 4.80 Å². The molecule has 1 heterocycles. The zero-order valence-corrected chi connectivity index (χ0v) is 14.4. The van der Waals surface area contributed by atoms with Crippen LogP contribution in [0.15, 0.2) is 29.3 Å². The minimum Gasteiger partial charge on any atom is -0.355 e. The summed E-state index contributed by atoms with van der Waals surface area (Å²) in [7, 11) is 3.57. The molecule has 0 spiro atoms. The monoisotopic (exact) mass is 330 g/mol. The average Bonchev–Trinajstić information content (AvgIpc) is 2.96. The minimum absolute atomic E-state index is 0.0834. The van der Waals surface area contributed by atoms with Gasteiger partial charge in [-0.2, -0.15) is 5.10 Å². The number of hydrogen-bond donors (Lipinski definition) is 1. The third-order valence-electron chi connectivity index (χ3n) is 4.17. The summed E-state index contributed by atoms with van der Waals surface area (Å²) in [5, 5.41) is 8.13. The van der Waals surface area contributed by atoms with Crippen LogP contribution in [0, 0.1) is 0 Å². The smallest absolute Gasteiger partial charge is 0.251 e. The van der Waals surface area contributed by atoms with Gasteiger partial charge < -0.3 is 5.32 Å². The number of amides is 1. The van der Waals surface area contributed by atoms with Gasteiger partial charge in [-0.15, -0.1) is 0 Å². The molecule has 1 aromatic carbocycles. The number of nitrogens with one attached hydrogen (secondary N) is 1. The third kappa shape index (κ3) is 3.69. The van der Waals surface area contributed by atoms with Crippen molar-refractivity contribution in [2.45, 2.75) is 38.1 Å². The number of benzene rings is 1. The Bertz CT molecular complexity index is 756. The molecule has 0 bridgehead atoms. The number of hydrogen-bond acceptors (Lipinski definition) is 4. The second-order valence-corrected chi connectivity index (χ2v) is 6.85. The van der Waals surface area contributed by atoms with E-state index in [1.54, 1.807) is 18.4 Å². The number of rotatable bonds is 3. The SMILES string of the molecule is CNC(=O)c1cccc(-c2nn(C)c(=NC3CCCCC3)s2)c1. The molecule has 1 aromatic heterocycles. The maximum absolute atomic E-state index is 11.8. The van der Waals surface area contributed by atoms with Crippen molar-refractivity contribution in [1.82, 2.24) is 15.1 Å². The van der Waals surface area contributed by atoms with Crippen LogP contribution < -0.4 is 10.1 Å². The van der Waals surface area contributed by atoms with Crippen LogP contribution in [0.4, 0.5) is 0 Å². The van der Waals surface area contributed by atoms with Crippen LogP contribution in [0.2, 0.25) is 0 Å². The predicted molar refractivity (Wildman–Crippen MR) is 92.3 cm³/mol. The molecule has 0 aliphatic heterocycles. The van der Waals surface area contributed by atoms with Crippen LogP contribution in [-0.2, 0) is 7.05 Å². The van der Waals surface area contributed by atoms with Crippen molar-refractivity contribution in [3.8, 4) is 10.6 Å². The first-order valence-corrected chi connectivity index (χ1v) is 8.89. The van der Waals surface area contributed by atoms with E-state index in [1.807, 2.05) is 36.0 Å². The first-order chi connectivity index (χ1) is 11.2. The molecule has 1 aliphatic carbocycles. The lowest BCUT2D eigenvalue weighted by molar-refractivity contribution is 0.0963. The molecule has 1 amide bonds. The molecule has 23 heavy (non-hydrogen) atoms. The van der Waals surface area contributed by atoms with Gasteiger partial charge in [-0.3, -0.25) is 9.79 Å². The maximum atomic E-state index is 11.8. The number of aryl methyl sites for hydroxylation is 1. The highest BCUT2D eigenvalue weighted by Gasteiger charge is 2.13. The lowest BCUT2D eigenvalue weighted by atomic mass is 9.96. The van der Waals surface area contributed by atoms with Gasteiger partial charge in [0.25, 0.3) is 5.91 Å². The van der Waals surface area contributed by atoms with Crippen molar-refractivity contribution in [2.75, 3.05) is 7.05 Å². The Labute approximate surface area is 140 Å². The predicted octanol–water partition coefficient (Wildman–Crippen LogP) is 2.74. The van der Waals surface area contributed by atoms with Crippen molar-refractivity contribution in [3.05, 3.63) is 34.6 Å². The Morgan fingerprint density at radius 1 is 1.35 bits per heavy atom. The summed E-state index contributed by atoms with van der Waals surface area (Å²) in [4.78, 5) is 17.6. The van der Waals surface area contributed by atoms with E-state index >= 15 is 0 Å². The summed E-state index contributed by atoms with van der Waals surface area (Å²) in [5.74, 6) is -0.0834. The summed E-state index contributed by atoms with van der Waals surface area (Å²) >= 11 is 1.59. The van der Waals surface area contributed by atoms with Crippen LogP contribution in [0.5, 0.6) is 0 Å². The fourth-order valence-electron chi connectivity index (χ4n) is 2.88. The lowest BCUT2D eigenvalue weighted by Crippen LogP contribution is -2.18. The average molecular weight is 330 g/mol. The highest BCUT2D eigenvalue weighted by atomic mass is 32.1. The Hall–Kier alpha value is -1.95. The molecule has 2 aromatic rings. The van der Waals surface area contributed by atoms with E-state index in [-0.39, 0.29) is 5.91 Å². The van der Waals surface area contributed by atoms with Crippen molar-refractivity contribution < 1.29 is 4.79 Å². The molecule has 1 N–H and O–H groups in total. The molecule has 0 atom stereocenters. The third-order valence-corrected chi connectivity index (χ3v) is 5.24. The second kappa shape index (κ2) is 7.08. The van der Waals surface area contributed by atoms with Gasteiger partial charge >= 0.3 is 0 Å². The normalized spacial score (nSPS) is 16.5. The fourth-order valence-corrected chi connectivity index (χ4v) is 3.84. The van der Waals surface area contributed by atoms with Gasteiger partial charge in [0.1, 0.15) is 5.01 Å². The quantitative estimate of drug-likeness (QED) is 0.941. The Morgan fingerprint density at radius 2 is 2.13 bits per heavy atom. The zero-order chi connectivity index (χ0) is 16.2. The summed E-state index contributed by atoms with van der Waals surface area (Å²) in [6.45, 7) is 0. The van der Waals surface area contributed by atoms with Crippen LogP contribution in [0.25, 0.3) is 10.6 Å². The maximum Gasteiger partial charge on any atom is 0.251 e. The minimum atomic E-state index is -0.0834. The summed E-state index contributed by atoms with van der Waals surface area (Å²) in [6.07, 6.45) is 6.24. The topological polar surface area (TPSA) is 59.3 Å². The van der Waals surface area contributed by atoms with E-state index in [9.17, 15) is 4.79 Å². The molecule has 0 unspecified atom stereocenters. The van der Waals surface area contributed by atoms with Gasteiger partial charge in [-0.25, -0.2) is 4.68 Å². The van der Waals surface area contributed by atoms with E-state index in [0.717, 1.165) is 15.4 Å². The highest BCUT2D eigenvalue weighted by molar-refractivity contribution is 7.12. The van der Waals surface area contributed by atoms with Gasteiger partial charge in [0.05, 0.1) is 6.04 Å². The van der Waals surface area contributed by atoms with Gasteiger partial charge in [0, 0.05) is 25.2 Å². The molecule has 3 rings (SSSR count). The molecule has 0 saturated heterocycles. The van der Waals surface area contributed by atoms with Gasteiger partial charge in [-0.1, -0.05) is 42.7 Å². The van der Waals surface area contributed by atoms with Gasteiger partial charge in [0.15, 0.2) is 0 Å². The molecule has 1 fully saturated rings. The van der Waals surface area contributed by atoms with Crippen molar-refractivity contribution in [3.63, 3.8) is 0 Å². The summed E-state index contributed by atoms with van der Waals surface area (Å²) in [6, 6.07) is 7.99. The Balaban J connectivity index is 1.91. The number of nitrogens with zero attached hydrogens (tertiary/aromatic N) is 3. The van der Waals surface area contributed by atoms with Crippen molar-refractivity contribution >= 4 is 17.2 Å². The first kappa shape index (κ1) is 15.9. The van der Waals surface area contributed by atoms with Crippen molar-refractivity contribution in [2.24, 2.45) is 12.0 Å². The molecular formula is C17H22N4OS. The van der Waals surface area contributed by atoms with E-state index < -0.39 is 0 Å². The van der Waals surface area contributed by atoms with E-state index in [0.29, 0.717) is 11.6 Å². The second-order valence-electron chi connectivity index (χ2n) is 5.89. The van der Waals surface area contributed by atoms with E-state index in [1.165, 1.54) is 32.1 Å². The van der Waals surface area contributed by atoms with Crippen LogP contribution in [-0.4, -0.2) is 28.8 Å². The van der Waals surface area contributed by atoms with Crippen molar-refractivity contribution in [1.29, 1.82) is 0 Å². The molecule has 1 aliphatic rings. The van der Waals surface area contributed by atoms with E-state index in [2.05, 4.69) is 10.4 Å². The number of carbonyl (C=O) groups excluding carboxylic acids is 1. The van der Waals surface area contributed by atoms with Gasteiger partial charge in [-0.05, 0) is 25.0 Å². The van der Waals surface area contributed by atoms with E-state index in [4.69, 9.17) is 4.99 Å². The fraction of sp³-hybridized carbons (Fsp3) is 0.471. The number of aromatic nitrogens is 2. The Kier molecular flexibility index (Phi) is 4.91. The van der Waals surface area contributed by atoms with Crippen LogP contribution >= 0.6 is 11.3 Å². The number of carbonyl (C=O) groups is 1. The van der Waals surface area contributed by atoms with Crippen LogP contribution in [0.3, 0.4) is 0 Å². The zero-order valence-electron chi connectivity index (χ0n) is 13.6.